The molecule has 0 fully saturated rings. The van der Waals surface area contributed by atoms with Crippen molar-refractivity contribution in [1.82, 2.24) is 0 Å². The Morgan fingerprint density at radius 3 is 0.900 bits per heavy atom. The van der Waals surface area contributed by atoms with E-state index in [1.165, 1.54) is 0 Å². The maximum atomic E-state index is 8.92. The Morgan fingerprint density at radius 2 is 0.900 bits per heavy atom. The number of phosphoric acid groups is 1. The van der Waals surface area contributed by atoms with Gasteiger partial charge in [0.05, 0.1) is 0 Å². The van der Waals surface area contributed by atoms with E-state index in [1.807, 2.05) is 0 Å². The quantitative estimate of drug-likeness (QED) is 0.355. The van der Waals surface area contributed by atoms with E-state index in [4.69, 9.17) is 33.9 Å². The van der Waals surface area contributed by atoms with Crippen molar-refractivity contribution >= 4 is 26.3 Å². The summed E-state index contributed by atoms with van der Waals surface area (Å²) < 4.78 is 8.55. The Balaban J connectivity index is 0. The van der Waals surface area contributed by atoms with E-state index in [2.05, 4.69) is 11.8 Å². The van der Waals surface area contributed by atoms with Crippen molar-refractivity contribution in [1.29, 1.82) is 0 Å². The Bertz CT molecular complexity index is 124. The Hall–Kier alpha value is 0.640. The smallest absolute Gasteiger partial charge is 0.151 e. The highest BCUT2D eigenvalue weighted by Crippen LogP contribution is 2.04. The largest absolute Gasteiger partial charge is 0.844 e. The molecular weight excluding hydrogens is 206 g/mol. The minimum Gasteiger partial charge on any atom is -0.844 e. The maximum absolute atomic E-state index is 8.92. The molecule has 10 heteroatoms. The minimum absolute atomic E-state index is 3.27. The van der Waals surface area contributed by atoms with Gasteiger partial charge in [0.1, 0.15) is 0 Å². The van der Waals surface area contributed by atoms with Crippen LogP contribution in [0.25, 0.3) is 0 Å². The fourth-order valence-corrected chi connectivity index (χ4v) is 0. The van der Waals surface area contributed by atoms with Gasteiger partial charge in [-0.2, -0.15) is 19.6 Å². The van der Waals surface area contributed by atoms with Crippen LogP contribution in [-0.2, 0) is 16.4 Å². The molecule has 10 heavy (non-hydrogen) atoms. The molecule has 0 amide bonds. The molecule has 0 spiro atoms. The molecule has 0 atom stereocenters. The van der Waals surface area contributed by atoms with E-state index in [-0.39, 0.29) is 0 Å². The van der Waals surface area contributed by atoms with Gasteiger partial charge in [-0.05, 0) is 0 Å². The van der Waals surface area contributed by atoms with Crippen LogP contribution in [0.1, 0.15) is 0 Å². The second kappa shape index (κ2) is 4.50. The van der Waals surface area contributed by atoms with Crippen molar-refractivity contribution in [3.05, 3.63) is 0 Å². The monoisotopic (exact) mass is 206 g/mol. The van der Waals surface area contributed by atoms with Gasteiger partial charge in [-0.3, -0.25) is 0 Å². The first-order chi connectivity index (χ1) is 4.00. The highest BCUT2D eigenvalue weighted by Gasteiger charge is 1.44. The molecule has 0 aliphatic heterocycles. The zero-order valence-corrected chi connectivity index (χ0v) is 6.77. The molecule has 0 saturated heterocycles. The molecule has 0 aromatic carbocycles. The van der Waals surface area contributed by atoms with E-state index in [9.17, 15) is 0 Å². The zero-order valence-electron chi connectivity index (χ0n) is 4.16. The van der Waals surface area contributed by atoms with Gasteiger partial charge in [0.15, 0.2) is 0 Å². The lowest BCUT2D eigenvalue weighted by atomic mass is 15.8. The molecule has 0 aliphatic rings. The first-order valence-corrected chi connectivity index (χ1v) is 5.48. The standard InChI is InChI=1S/H3O4P.H3O3PS/c1-5(2,3)4;1-4(2,3)5/h(H3,1,2,3,4);(H3,1,2,3,5)/p-6. The number of hydrogen-bond acceptors (Lipinski definition) is 8. The fourth-order valence-electron chi connectivity index (χ4n) is 0. The van der Waals surface area contributed by atoms with Crippen LogP contribution in [0.3, 0.4) is 0 Å². The Morgan fingerprint density at radius 1 is 0.900 bits per heavy atom. The van der Waals surface area contributed by atoms with Gasteiger partial charge < -0.3 is 40.6 Å². The highest BCUT2D eigenvalue weighted by molar-refractivity contribution is 8.04. The lowest BCUT2D eigenvalue weighted by molar-refractivity contribution is -0.432. The molecular formula is O7P2S-6. The molecule has 0 aromatic heterocycles. The molecule has 0 radical (unpaired) electrons. The van der Waals surface area contributed by atoms with E-state index in [0.717, 1.165) is 0 Å². The SMILES string of the molecule is O=P([O-])([O-])[O-].[O-]P([O-])([O-])=S. The molecule has 0 aliphatic carbocycles. The molecule has 0 aromatic rings. The van der Waals surface area contributed by atoms with Gasteiger partial charge in [-0.1, -0.05) is 0 Å². The normalized spacial score (nSPS) is 11.8. The third-order valence-electron chi connectivity index (χ3n) is 0. The molecule has 0 bridgehead atoms. The molecule has 0 rings (SSSR count). The van der Waals surface area contributed by atoms with E-state index < -0.39 is 14.5 Å². The first-order valence-electron chi connectivity index (χ1n) is 1.46. The Kier molecular flexibility index (Phi) is 5.97. The van der Waals surface area contributed by atoms with Crippen molar-refractivity contribution in [2.45, 2.75) is 0 Å². The van der Waals surface area contributed by atoms with E-state index >= 15 is 0 Å². The van der Waals surface area contributed by atoms with Crippen LogP contribution in [0.4, 0.5) is 0 Å². The predicted molar refractivity (Wildman–Crippen MR) is 21.9 cm³/mol. The van der Waals surface area contributed by atoms with Crippen molar-refractivity contribution < 1.29 is 33.9 Å². The summed E-state index contributed by atoms with van der Waals surface area (Å²) in [6.07, 6.45) is 0. The third-order valence-corrected chi connectivity index (χ3v) is 0. The summed E-state index contributed by atoms with van der Waals surface area (Å²) in [5, 5.41) is 0. The summed E-state index contributed by atoms with van der Waals surface area (Å²) in [5.41, 5.74) is 0. The van der Waals surface area contributed by atoms with Crippen LogP contribution in [0.2, 0.25) is 0 Å². The zero-order chi connectivity index (χ0) is 9.00. The minimum atomic E-state index is -5.39. The maximum Gasteiger partial charge on any atom is -0.151 e. The molecule has 7 nitrogen and oxygen atoms in total. The lowest BCUT2D eigenvalue weighted by Gasteiger charge is -2.43. The average molecular weight is 206 g/mol. The summed E-state index contributed by atoms with van der Waals surface area (Å²) >= 11 is 3.27. The van der Waals surface area contributed by atoms with Crippen LogP contribution in [0.5, 0.6) is 0 Å². The van der Waals surface area contributed by atoms with Crippen molar-refractivity contribution in [3.8, 4) is 0 Å². The van der Waals surface area contributed by atoms with Crippen molar-refractivity contribution in [3.63, 3.8) is 0 Å². The molecule has 0 saturated carbocycles. The molecule has 0 heterocycles. The Labute approximate surface area is 61.1 Å². The summed E-state index contributed by atoms with van der Waals surface area (Å²) in [4.78, 5) is 52.4. The summed E-state index contributed by atoms with van der Waals surface area (Å²) in [6.45, 7) is -4.56. The van der Waals surface area contributed by atoms with E-state index in [0.29, 0.717) is 0 Å². The van der Waals surface area contributed by atoms with Crippen LogP contribution in [0, 0.1) is 0 Å². The molecule has 0 N–H and O–H groups in total. The third kappa shape index (κ3) is 1230. The lowest BCUT2D eigenvalue weighted by Crippen LogP contribution is -2.24. The van der Waals surface area contributed by atoms with Crippen LogP contribution in [-0.4, -0.2) is 0 Å². The van der Waals surface area contributed by atoms with Gasteiger partial charge >= 0.3 is 0 Å². The topological polar surface area (TPSA) is 155 Å². The number of hydrogen-bond donors (Lipinski definition) is 0. The second-order valence-corrected chi connectivity index (χ2v) is 4.02. The van der Waals surface area contributed by atoms with Crippen molar-refractivity contribution in [2.24, 2.45) is 0 Å². The van der Waals surface area contributed by atoms with Crippen LogP contribution in [0.15, 0.2) is 0 Å². The molecule has 0 unspecified atom stereocenters. The predicted octanol–water partition coefficient (Wildman–Crippen LogP) is -5.53. The van der Waals surface area contributed by atoms with E-state index in [1.54, 1.807) is 0 Å². The highest BCUT2D eigenvalue weighted by atomic mass is 32.5. The average Bonchev–Trinajstić information content (AvgIpc) is 1.12. The van der Waals surface area contributed by atoms with Gasteiger partial charge in [-0.15, -0.1) is 0 Å². The van der Waals surface area contributed by atoms with Crippen LogP contribution >= 0.6 is 14.5 Å². The summed E-state index contributed by atoms with van der Waals surface area (Å²) in [6, 6.07) is 0. The van der Waals surface area contributed by atoms with Crippen molar-refractivity contribution in [2.75, 3.05) is 0 Å². The summed E-state index contributed by atoms with van der Waals surface area (Å²) in [5.74, 6) is 0. The first kappa shape index (κ1) is 13.2. The number of rotatable bonds is 0. The molecule has 64 valence electrons. The summed E-state index contributed by atoms with van der Waals surface area (Å²) in [7, 11) is -5.39. The van der Waals surface area contributed by atoms with Gasteiger partial charge in [0.25, 0.3) is 0 Å². The van der Waals surface area contributed by atoms with Crippen LogP contribution < -0.4 is 29.4 Å². The van der Waals surface area contributed by atoms with Gasteiger partial charge in [0, 0.05) is 0 Å². The second-order valence-electron chi connectivity index (χ2n) is 0.894. The fraction of sp³-hybridized carbons (Fsp3) is 0. The van der Waals surface area contributed by atoms with Gasteiger partial charge in [-0.25, -0.2) is 0 Å². The van der Waals surface area contributed by atoms with Gasteiger partial charge in [0.2, 0.25) is 0 Å².